The topological polar surface area (TPSA) is 3.24 Å². The van der Waals surface area contributed by atoms with Crippen molar-refractivity contribution in [3.63, 3.8) is 0 Å². The zero-order valence-corrected chi connectivity index (χ0v) is 10.9. The van der Waals surface area contributed by atoms with Crippen molar-refractivity contribution < 1.29 is 0 Å². The first-order chi connectivity index (χ1) is 6.22. The maximum Gasteiger partial charge on any atom is 0.0194 e. The van der Waals surface area contributed by atoms with E-state index in [9.17, 15) is 0 Å². The third-order valence-corrected chi connectivity index (χ3v) is 2.34. The van der Waals surface area contributed by atoms with E-state index in [1.54, 1.807) is 0 Å². The Hall–Kier alpha value is -0.460. The first-order valence-electron chi connectivity index (χ1n) is 5.61. The summed E-state index contributed by atoms with van der Waals surface area (Å²) in [6, 6.07) is 0. The molecule has 0 aromatic carbocycles. The van der Waals surface area contributed by atoms with Crippen LogP contribution in [0.1, 0.15) is 47.5 Å². The van der Waals surface area contributed by atoms with Crippen molar-refractivity contribution in [1.29, 1.82) is 0 Å². The molecule has 14 heavy (non-hydrogen) atoms. The minimum absolute atomic E-state index is 0.418. The predicted octanol–water partition coefficient (Wildman–Crippen LogP) is 3.91. The van der Waals surface area contributed by atoms with E-state index >= 15 is 0 Å². The molecular weight excluding hydrogens is 170 g/mol. The number of allylic oxidation sites excluding steroid dienone is 1. The van der Waals surface area contributed by atoms with Gasteiger partial charge in [0.2, 0.25) is 0 Å². The van der Waals surface area contributed by atoms with Crippen molar-refractivity contribution in [3.05, 3.63) is 12.3 Å². The smallest absolute Gasteiger partial charge is 0.0194 e. The summed E-state index contributed by atoms with van der Waals surface area (Å²) in [5.41, 5.74) is 1.69. The fourth-order valence-electron chi connectivity index (χ4n) is 1.39. The Balaban J connectivity index is 3.85. The molecule has 0 saturated carbocycles. The summed E-state index contributed by atoms with van der Waals surface area (Å²) < 4.78 is 0. The van der Waals surface area contributed by atoms with Crippen molar-refractivity contribution in [2.75, 3.05) is 13.6 Å². The van der Waals surface area contributed by atoms with Gasteiger partial charge in [-0.3, -0.25) is 0 Å². The first kappa shape index (κ1) is 13.5. The van der Waals surface area contributed by atoms with Crippen LogP contribution in [0.2, 0.25) is 0 Å². The molecule has 0 unspecified atom stereocenters. The molecule has 0 saturated heterocycles. The van der Waals surface area contributed by atoms with Gasteiger partial charge < -0.3 is 4.90 Å². The largest absolute Gasteiger partial charge is 0.378 e. The van der Waals surface area contributed by atoms with E-state index in [-0.39, 0.29) is 0 Å². The van der Waals surface area contributed by atoms with Gasteiger partial charge in [0.15, 0.2) is 0 Å². The molecule has 0 aliphatic carbocycles. The molecule has 0 aromatic heterocycles. The molecule has 84 valence electrons. The van der Waals surface area contributed by atoms with E-state index in [1.807, 2.05) is 0 Å². The standard InChI is InChI=1S/C13H27N/c1-11(2)10-14(7)12(3)8-9-13(4,5)6/h11H,3,8-10H2,1-2,4-7H3. The third kappa shape index (κ3) is 6.99. The maximum atomic E-state index is 4.14. The van der Waals surface area contributed by atoms with Gasteiger partial charge in [0, 0.05) is 19.3 Å². The van der Waals surface area contributed by atoms with Gasteiger partial charge >= 0.3 is 0 Å². The summed E-state index contributed by atoms with van der Waals surface area (Å²) in [4.78, 5) is 2.29. The van der Waals surface area contributed by atoms with E-state index in [1.165, 1.54) is 12.1 Å². The molecule has 0 heterocycles. The minimum Gasteiger partial charge on any atom is -0.378 e. The molecule has 1 heteroatoms. The highest BCUT2D eigenvalue weighted by Gasteiger charge is 2.12. The van der Waals surface area contributed by atoms with Crippen molar-refractivity contribution in [1.82, 2.24) is 4.90 Å². The van der Waals surface area contributed by atoms with Crippen molar-refractivity contribution in [2.45, 2.75) is 47.5 Å². The summed E-state index contributed by atoms with van der Waals surface area (Å²) in [6.07, 6.45) is 2.33. The lowest BCUT2D eigenvalue weighted by atomic mass is 9.90. The Labute approximate surface area is 90.2 Å². The molecule has 1 nitrogen and oxygen atoms in total. The van der Waals surface area contributed by atoms with Crippen LogP contribution in [0, 0.1) is 11.3 Å². The highest BCUT2D eigenvalue weighted by Crippen LogP contribution is 2.23. The van der Waals surface area contributed by atoms with E-state index in [0.717, 1.165) is 13.0 Å². The van der Waals surface area contributed by atoms with Gasteiger partial charge in [-0.15, -0.1) is 0 Å². The monoisotopic (exact) mass is 197 g/mol. The van der Waals surface area contributed by atoms with Crippen molar-refractivity contribution in [3.8, 4) is 0 Å². The molecule has 0 N–H and O–H groups in total. The van der Waals surface area contributed by atoms with Crippen LogP contribution in [-0.2, 0) is 0 Å². The molecule has 0 aliphatic rings. The zero-order chi connectivity index (χ0) is 11.4. The highest BCUT2D eigenvalue weighted by atomic mass is 15.1. The normalized spacial score (nSPS) is 11.9. The molecule has 0 aromatic rings. The van der Waals surface area contributed by atoms with Crippen LogP contribution >= 0.6 is 0 Å². The Kier molecular flexibility index (Phi) is 5.25. The predicted molar refractivity (Wildman–Crippen MR) is 65.3 cm³/mol. The summed E-state index contributed by atoms with van der Waals surface area (Å²) >= 11 is 0. The molecule has 0 spiro atoms. The Morgan fingerprint density at radius 2 is 1.79 bits per heavy atom. The van der Waals surface area contributed by atoms with Crippen LogP contribution in [-0.4, -0.2) is 18.5 Å². The highest BCUT2D eigenvalue weighted by molar-refractivity contribution is 4.93. The fraction of sp³-hybridized carbons (Fsp3) is 0.846. The van der Waals surface area contributed by atoms with Crippen molar-refractivity contribution in [2.24, 2.45) is 11.3 Å². The first-order valence-corrected chi connectivity index (χ1v) is 5.61. The molecular formula is C13H27N. The van der Waals surface area contributed by atoms with Crippen molar-refractivity contribution >= 4 is 0 Å². The molecule has 0 amide bonds. The summed E-state index contributed by atoms with van der Waals surface area (Å²) in [5, 5.41) is 0. The van der Waals surface area contributed by atoms with Crippen LogP contribution in [0.4, 0.5) is 0 Å². The number of hydrogen-bond donors (Lipinski definition) is 0. The Bertz CT molecular complexity index is 174. The lowest BCUT2D eigenvalue weighted by molar-refractivity contribution is 0.317. The molecule has 0 fully saturated rings. The molecule has 0 atom stereocenters. The van der Waals surface area contributed by atoms with Gasteiger partial charge in [-0.25, -0.2) is 0 Å². The van der Waals surface area contributed by atoms with Gasteiger partial charge in [-0.05, 0) is 24.2 Å². The second-order valence-corrected chi connectivity index (χ2v) is 5.90. The van der Waals surface area contributed by atoms with E-state index in [0.29, 0.717) is 11.3 Å². The summed E-state index contributed by atoms with van der Waals surface area (Å²) in [7, 11) is 2.14. The third-order valence-electron chi connectivity index (χ3n) is 2.34. The van der Waals surface area contributed by atoms with E-state index < -0.39 is 0 Å². The Morgan fingerprint density at radius 3 is 2.14 bits per heavy atom. The average Bonchev–Trinajstić information content (AvgIpc) is 1.97. The van der Waals surface area contributed by atoms with Crippen LogP contribution in [0.5, 0.6) is 0 Å². The van der Waals surface area contributed by atoms with Gasteiger partial charge in [0.25, 0.3) is 0 Å². The zero-order valence-electron chi connectivity index (χ0n) is 10.9. The molecule has 0 radical (unpaired) electrons. The number of rotatable bonds is 5. The molecule has 0 aliphatic heterocycles. The molecule has 0 bridgehead atoms. The number of hydrogen-bond acceptors (Lipinski definition) is 1. The van der Waals surface area contributed by atoms with Gasteiger partial charge in [0.05, 0.1) is 0 Å². The van der Waals surface area contributed by atoms with Crippen LogP contribution in [0.15, 0.2) is 12.3 Å². The summed E-state index contributed by atoms with van der Waals surface area (Å²) in [6.45, 7) is 16.6. The lowest BCUT2D eigenvalue weighted by Gasteiger charge is -2.26. The second-order valence-electron chi connectivity index (χ2n) is 5.90. The molecule has 0 rings (SSSR count). The lowest BCUT2D eigenvalue weighted by Crippen LogP contribution is -2.23. The number of nitrogens with zero attached hydrogens (tertiary/aromatic N) is 1. The summed E-state index contributed by atoms with van der Waals surface area (Å²) in [5.74, 6) is 0.714. The van der Waals surface area contributed by atoms with Gasteiger partial charge in [-0.2, -0.15) is 0 Å². The fourth-order valence-corrected chi connectivity index (χ4v) is 1.39. The van der Waals surface area contributed by atoms with Crippen LogP contribution in [0.25, 0.3) is 0 Å². The minimum atomic E-state index is 0.418. The van der Waals surface area contributed by atoms with Crippen LogP contribution in [0.3, 0.4) is 0 Å². The van der Waals surface area contributed by atoms with Gasteiger partial charge in [0.1, 0.15) is 0 Å². The Morgan fingerprint density at radius 1 is 1.29 bits per heavy atom. The SMILES string of the molecule is C=C(CCC(C)(C)C)N(C)CC(C)C. The van der Waals surface area contributed by atoms with E-state index in [4.69, 9.17) is 0 Å². The quantitative estimate of drug-likeness (QED) is 0.646. The van der Waals surface area contributed by atoms with Gasteiger partial charge in [-0.1, -0.05) is 41.2 Å². The second kappa shape index (κ2) is 5.43. The maximum absolute atomic E-state index is 4.14. The van der Waals surface area contributed by atoms with E-state index in [2.05, 4.69) is 53.1 Å². The van der Waals surface area contributed by atoms with Crippen LogP contribution < -0.4 is 0 Å². The average molecular weight is 197 g/mol.